The Labute approximate surface area is 173 Å². The standard InChI is InChI=1S/C21H21ClN4O3/c1-13-18(19(26-29-13)16-5-2-3-6-17(16)22)20(27)25-14-7-9-15(10-8-14)28-21-23-11-4-12-24-21/h2-6,11-12,14-15H,7-10H2,1H3,(H,25,27). The molecule has 150 valence electrons. The summed E-state index contributed by atoms with van der Waals surface area (Å²) in [6.45, 7) is 1.73. The lowest BCUT2D eigenvalue weighted by Crippen LogP contribution is -2.40. The quantitative estimate of drug-likeness (QED) is 0.675. The lowest BCUT2D eigenvalue weighted by atomic mass is 9.92. The predicted octanol–water partition coefficient (Wildman–Crippen LogP) is 4.21. The van der Waals surface area contributed by atoms with Crippen LogP contribution in [0.2, 0.25) is 5.02 Å². The summed E-state index contributed by atoms with van der Waals surface area (Å²) in [5.41, 5.74) is 1.56. The Morgan fingerprint density at radius 1 is 1.14 bits per heavy atom. The molecule has 1 aliphatic carbocycles. The number of nitrogens with zero attached hydrogens (tertiary/aromatic N) is 3. The Morgan fingerprint density at radius 3 is 2.59 bits per heavy atom. The van der Waals surface area contributed by atoms with Gasteiger partial charge in [-0.2, -0.15) is 0 Å². The van der Waals surface area contributed by atoms with Crippen LogP contribution >= 0.6 is 11.6 Å². The Morgan fingerprint density at radius 2 is 1.86 bits per heavy atom. The molecule has 0 atom stereocenters. The first-order valence-electron chi connectivity index (χ1n) is 9.57. The van der Waals surface area contributed by atoms with Crippen molar-refractivity contribution in [2.45, 2.75) is 44.8 Å². The molecule has 1 saturated carbocycles. The first-order chi connectivity index (χ1) is 14.1. The maximum atomic E-state index is 13.0. The molecule has 0 spiro atoms. The molecular formula is C21H21ClN4O3. The third-order valence-corrected chi connectivity index (χ3v) is 5.37. The first kappa shape index (κ1) is 19.4. The molecule has 2 heterocycles. The highest BCUT2D eigenvalue weighted by atomic mass is 35.5. The summed E-state index contributed by atoms with van der Waals surface area (Å²) in [6.07, 6.45) is 6.65. The highest BCUT2D eigenvalue weighted by molar-refractivity contribution is 6.33. The molecule has 0 saturated heterocycles. The molecule has 0 bridgehead atoms. The maximum absolute atomic E-state index is 13.0. The minimum atomic E-state index is -0.200. The van der Waals surface area contributed by atoms with Gasteiger partial charge in [0.25, 0.3) is 5.91 Å². The van der Waals surface area contributed by atoms with Gasteiger partial charge in [0.1, 0.15) is 23.1 Å². The molecule has 7 nitrogen and oxygen atoms in total. The van der Waals surface area contributed by atoms with Gasteiger partial charge in [0.15, 0.2) is 0 Å². The average molecular weight is 413 g/mol. The van der Waals surface area contributed by atoms with E-state index in [0.29, 0.717) is 33.6 Å². The van der Waals surface area contributed by atoms with Crippen molar-refractivity contribution in [3.8, 4) is 17.3 Å². The Balaban J connectivity index is 1.40. The number of halogens is 1. The van der Waals surface area contributed by atoms with Crippen molar-refractivity contribution in [3.63, 3.8) is 0 Å². The van der Waals surface area contributed by atoms with Gasteiger partial charge in [-0.3, -0.25) is 4.79 Å². The van der Waals surface area contributed by atoms with E-state index in [1.165, 1.54) is 0 Å². The van der Waals surface area contributed by atoms with E-state index >= 15 is 0 Å². The summed E-state index contributed by atoms with van der Waals surface area (Å²) in [4.78, 5) is 21.2. The van der Waals surface area contributed by atoms with Gasteiger partial charge < -0.3 is 14.6 Å². The molecular weight excluding hydrogens is 392 g/mol. The lowest BCUT2D eigenvalue weighted by molar-refractivity contribution is 0.0884. The number of aromatic nitrogens is 3. The predicted molar refractivity (Wildman–Crippen MR) is 108 cm³/mol. The van der Waals surface area contributed by atoms with Crippen molar-refractivity contribution < 1.29 is 14.1 Å². The van der Waals surface area contributed by atoms with Gasteiger partial charge in [-0.15, -0.1) is 0 Å². The summed E-state index contributed by atoms with van der Waals surface area (Å²) >= 11 is 6.28. The van der Waals surface area contributed by atoms with Crippen LogP contribution in [0.3, 0.4) is 0 Å². The fourth-order valence-electron chi connectivity index (χ4n) is 3.55. The number of carbonyl (C=O) groups excluding carboxylic acids is 1. The van der Waals surface area contributed by atoms with E-state index < -0.39 is 0 Å². The third kappa shape index (κ3) is 4.40. The largest absolute Gasteiger partial charge is 0.460 e. The second-order valence-electron chi connectivity index (χ2n) is 7.04. The van der Waals surface area contributed by atoms with E-state index in [2.05, 4.69) is 20.4 Å². The number of carbonyl (C=O) groups is 1. The highest BCUT2D eigenvalue weighted by Gasteiger charge is 2.28. The van der Waals surface area contributed by atoms with E-state index in [9.17, 15) is 4.79 Å². The van der Waals surface area contributed by atoms with Gasteiger partial charge in [0.05, 0.1) is 5.02 Å². The minimum Gasteiger partial charge on any atom is -0.460 e. The number of hydrogen-bond donors (Lipinski definition) is 1. The highest BCUT2D eigenvalue weighted by Crippen LogP contribution is 2.31. The Bertz CT molecular complexity index is 985. The molecule has 1 fully saturated rings. The monoisotopic (exact) mass is 412 g/mol. The zero-order valence-corrected chi connectivity index (χ0v) is 16.7. The number of rotatable bonds is 5. The van der Waals surface area contributed by atoms with Crippen LogP contribution in [-0.4, -0.2) is 33.2 Å². The molecule has 0 radical (unpaired) electrons. The average Bonchev–Trinajstić information content (AvgIpc) is 3.12. The zero-order chi connectivity index (χ0) is 20.2. The van der Waals surface area contributed by atoms with Crippen LogP contribution in [0, 0.1) is 6.92 Å². The van der Waals surface area contributed by atoms with Crippen LogP contribution in [0.1, 0.15) is 41.8 Å². The number of ether oxygens (including phenoxy) is 1. The van der Waals surface area contributed by atoms with Crippen LogP contribution in [-0.2, 0) is 0 Å². The second kappa shape index (κ2) is 8.61. The van der Waals surface area contributed by atoms with E-state index in [-0.39, 0.29) is 18.1 Å². The first-order valence-corrected chi connectivity index (χ1v) is 9.95. The van der Waals surface area contributed by atoms with Gasteiger partial charge in [-0.1, -0.05) is 35.0 Å². The van der Waals surface area contributed by atoms with E-state index in [1.807, 2.05) is 18.2 Å². The summed E-state index contributed by atoms with van der Waals surface area (Å²) in [7, 11) is 0. The van der Waals surface area contributed by atoms with Crippen molar-refractivity contribution in [3.05, 3.63) is 59.1 Å². The molecule has 0 unspecified atom stereocenters. The molecule has 0 aliphatic heterocycles. The number of benzene rings is 1. The molecule has 1 aliphatic rings. The lowest BCUT2D eigenvalue weighted by Gasteiger charge is -2.28. The van der Waals surface area contributed by atoms with Gasteiger partial charge in [-0.25, -0.2) is 9.97 Å². The van der Waals surface area contributed by atoms with Crippen LogP contribution in [0.5, 0.6) is 6.01 Å². The topological polar surface area (TPSA) is 90.1 Å². The summed E-state index contributed by atoms with van der Waals surface area (Å²) in [6, 6.07) is 9.48. The van der Waals surface area contributed by atoms with Gasteiger partial charge in [0, 0.05) is 24.0 Å². The molecule has 1 aromatic carbocycles. The van der Waals surface area contributed by atoms with E-state index in [0.717, 1.165) is 25.7 Å². The minimum absolute atomic E-state index is 0.0570. The Kier molecular flexibility index (Phi) is 5.76. The van der Waals surface area contributed by atoms with Crippen molar-refractivity contribution in [1.29, 1.82) is 0 Å². The normalized spacial score (nSPS) is 19.0. The summed E-state index contributed by atoms with van der Waals surface area (Å²) in [5, 5.41) is 7.70. The van der Waals surface area contributed by atoms with Gasteiger partial charge in [-0.05, 0) is 44.7 Å². The van der Waals surface area contributed by atoms with E-state index in [1.54, 1.807) is 31.5 Å². The maximum Gasteiger partial charge on any atom is 0.316 e. The van der Waals surface area contributed by atoms with Crippen LogP contribution in [0.4, 0.5) is 0 Å². The number of nitrogens with one attached hydrogen (secondary N) is 1. The third-order valence-electron chi connectivity index (χ3n) is 5.04. The molecule has 1 N–H and O–H groups in total. The van der Waals surface area contributed by atoms with E-state index in [4.69, 9.17) is 20.9 Å². The van der Waals surface area contributed by atoms with Crippen LogP contribution in [0.25, 0.3) is 11.3 Å². The van der Waals surface area contributed by atoms with Crippen molar-refractivity contribution in [2.24, 2.45) is 0 Å². The SMILES string of the molecule is Cc1onc(-c2ccccc2Cl)c1C(=O)NC1CCC(Oc2ncccn2)CC1. The zero-order valence-electron chi connectivity index (χ0n) is 16.0. The molecule has 3 aromatic rings. The van der Waals surface area contributed by atoms with Crippen LogP contribution < -0.4 is 10.1 Å². The number of aryl methyl sites for hydroxylation is 1. The number of amides is 1. The van der Waals surface area contributed by atoms with Gasteiger partial charge >= 0.3 is 6.01 Å². The van der Waals surface area contributed by atoms with Crippen molar-refractivity contribution >= 4 is 17.5 Å². The Hall–Kier alpha value is -2.93. The fraction of sp³-hybridized carbons (Fsp3) is 0.333. The second-order valence-corrected chi connectivity index (χ2v) is 7.45. The van der Waals surface area contributed by atoms with Crippen molar-refractivity contribution in [1.82, 2.24) is 20.4 Å². The summed E-state index contributed by atoms with van der Waals surface area (Å²) in [5.74, 6) is 0.269. The molecule has 8 heteroatoms. The van der Waals surface area contributed by atoms with Crippen LogP contribution in [0.15, 0.2) is 47.2 Å². The summed E-state index contributed by atoms with van der Waals surface area (Å²) < 4.78 is 11.1. The molecule has 2 aromatic heterocycles. The van der Waals surface area contributed by atoms with Gasteiger partial charge in [0.2, 0.25) is 0 Å². The molecule has 1 amide bonds. The fourth-order valence-corrected chi connectivity index (χ4v) is 3.78. The smallest absolute Gasteiger partial charge is 0.316 e. The van der Waals surface area contributed by atoms with Crippen molar-refractivity contribution in [2.75, 3.05) is 0 Å². The molecule has 4 rings (SSSR count). The molecule has 29 heavy (non-hydrogen) atoms. The number of hydrogen-bond acceptors (Lipinski definition) is 6.